The molecule has 4 aromatic rings. The van der Waals surface area contributed by atoms with Crippen molar-refractivity contribution < 1.29 is 4.39 Å². The highest BCUT2D eigenvalue weighted by Crippen LogP contribution is 2.38. The fraction of sp³-hybridized carbons (Fsp3) is 0.160. The second-order valence-corrected chi connectivity index (χ2v) is 10.0. The van der Waals surface area contributed by atoms with Gasteiger partial charge in [0, 0.05) is 21.9 Å². The van der Waals surface area contributed by atoms with E-state index in [-0.39, 0.29) is 5.82 Å². The lowest BCUT2D eigenvalue weighted by Crippen LogP contribution is -2.23. The molecular formula is C25H20Cl3FN2S. The molecule has 0 aliphatic heterocycles. The van der Waals surface area contributed by atoms with Crippen molar-refractivity contribution in [2.45, 2.75) is 30.2 Å². The van der Waals surface area contributed by atoms with Gasteiger partial charge in [-0.05, 0) is 53.6 Å². The molecule has 0 N–H and O–H groups in total. The molecule has 164 valence electrons. The van der Waals surface area contributed by atoms with Crippen LogP contribution in [0.5, 0.6) is 0 Å². The molecular weight excluding hydrogens is 486 g/mol. The first kappa shape index (κ1) is 23.2. The molecule has 1 aromatic heterocycles. The summed E-state index contributed by atoms with van der Waals surface area (Å²) in [7, 11) is 0. The molecule has 0 aliphatic carbocycles. The zero-order valence-electron chi connectivity index (χ0n) is 17.4. The number of nitrogens with zero attached hydrogens (tertiary/aromatic N) is 2. The fourth-order valence-corrected chi connectivity index (χ4v) is 5.08. The molecule has 0 bridgehead atoms. The zero-order chi connectivity index (χ0) is 22.9. The second-order valence-electron chi connectivity index (χ2n) is 7.87. The number of benzene rings is 3. The average molecular weight is 506 g/mol. The van der Waals surface area contributed by atoms with Gasteiger partial charge in [0.1, 0.15) is 5.82 Å². The Bertz CT molecular complexity index is 1250. The van der Waals surface area contributed by atoms with E-state index in [0.29, 0.717) is 15.8 Å². The van der Waals surface area contributed by atoms with Crippen LogP contribution in [0.1, 0.15) is 30.7 Å². The Kier molecular flexibility index (Phi) is 6.87. The Hall–Kier alpha value is -1.98. The van der Waals surface area contributed by atoms with Crippen molar-refractivity contribution in [3.63, 3.8) is 0 Å². The molecule has 0 radical (unpaired) electrons. The molecule has 4 rings (SSSR count). The molecule has 0 amide bonds. The monoisotopic (exact) mass is 504 g/mol. The molecule has 7 heteroatoms. The van der Waals surface area contributed by atoms with Gasteiger partial charge in [0.05, 0.1) is 21.9 Å². The van der Waals surface area contributed by atoms with Gasteiger partial charge in [-0.1, -0.05) is 84.7 Å². The van der Waals surface area contributed by atoms with E-state index >= 15 is 0 Å². The number of imidazole rings is 1. The van der Waals surface area contributed by atoms with Gasteiger partial charge in [-0.15, -0.1) is 0 Å². The quantitative estimate of drug-likeness (QED) is 0.244. The fourth-order valence-electron chi connectivity index (χ4n) is 3.51. The highest BCUT2D eigenvalue weighted by molar-refractivity contribution is 7.98. The van der Waals surface area contributed by atoms with Crippen LogP contribution < -0.4 is 0 Å². The number of rotatable bonds is 6. The van der Waals surface area contributed by atoms with Gasteiger partial charge >= 0.3 is 0 Å². The summed E-state index contributed by atoms with van der Waals surface area (Å²) in [6.45, 7) is 4.21. The van der Waals surface area contributed by atoms with Crippen LogP contribution in [0.4, 0.5) is 4.39 Å². The third-order valence-corrected chi connectivity index (χ3v) is 7.52. The van der Waals surface area contributed by atoms with Crippen molar-refractivity contribution in [3.05, 3.63) is 111 Å². The Morgan fingerprint density at radius 2 is 1.62 bits per heavy atom. The third-order valence-electron chi connectivity index (χ3n) is 5.41. The number of thioether (sulfide) groups is 1. The van der Waals surface area contributed by atoms with Crippen molar-refractivity contribution in [2.24, 2.45) is 0 Å². The van der Waals surface area contributed by atoms with Crippen molar-refractivity contribution in [2.75, 3.05) is 0 Å². The van der Waals surface area contributed by atoms with E-state index in [4.69, 9.17) is 39.8 Å². The molecule has 0 spiro atoms. The molecule has 1 heterocycles. The van der Waals surface area contributed by atoms with E-state index in [9.17, 15) is 4.39 Å². The summed E-state index contributed by atoms with van der Waals surface area (Å²) in [6.07, 6.45) is 1.86. The highest BCUT2D eigenvalue weighted by atomic mass is 35.5. The molecule has 0 unspecified atom stereocenters. The summed E-state index contributed by atoms with van der Waals surface area (Å²) in [6, 6.07) is 19.8. The highest BCUT2D eigenvalue weighted by Gasteiger charge is 2.30. The van der Waals surface area contributed by atoms with Crippen LogP contribution in [-0.2, 0) is 11.2 Å². The predicted molar refractivity (Wildman–Crippen MR) is 133 cm³/mol. The molecule has 2 nitrogen and oxygen atoms in total. The van der Waals surface area contributed by atoms with Crippen LogP contribution in [-0.4, -0.2) is 9.55 Å². The van der Waals surface area contributed by atoms with Gasteiger partial charge in [-0.3, -0.25) is 4.57 Å². The summed E-state index contributed by atoms with van der Waals surface area (Å²) in [5, 5.41) is 2.52. The smallest absolute Gasteiger partial charge is 0.173 e. The maximum absolute atomic E-state index is 13.7. The van der Waals surface area contributed by atoms with Gasteiger partial charge < -0.3 is 0 Å². The van der Waals surface area contributed by atoms with E-state index in [1.165, 1.54) is 12.1 Å². The number of hydrogen-bond donors (Lipinski definition) is 0. The van der Waals surface area contributed by atoms with Gasteiger partial charge in [0.25, 0.3) is 0 Å². The SMILES string of the molecule is CC(C)(c1ccc(Cl)c(Cl)c1)c1cnc(SCc2ccccc2Cl)n1-c1ccc(F)cc1. The Morgan fingerprint density at radius 3 is 2.31 bits per heavy atom. The van der Waals surface area contributed by atoms with E-state index < -0.39 is 5.41 Å². The van der Waals surface area contributed by atoms with Gasteiger partial charge in [0.15, 0.2) is 5.16 Å². The molecule has 0 atom stereocenters. The molecule has 32 heavy (non-hydrogen) atoms. The zero-order valence-corrected chi connectivity index (χ0v) is 20.5. The van der Waals surface area contributed by atoms with E-state index in [0.717, 1.165) is 32.7 Å². The predicted octanol–water partition coefficient (Wildman–Crippen LogP) is 8.59. The Labute approximate surface area is 206 Å². The van der Waals surface area contributed by atoms with Crippen molar-refractivity contribution in [3.8, 4) is 5.69 Å². The maximum atomic E-state index is 13.7. The molecule has 0 saturated carbocycles. The van der Waals surface area contributed by atoms with Crippen LogP contribution in [0.25, 0.3) is 5.69 Å². The molecule has 0 saturated heterocycles. The molecule has 0 aliphatic rings. The number of hydrogen-bond acceptors (Lipinski definition) is 2. The first-order chi connectivity index (χ1) is 15.3. The van der Waals surface area contributed by atoms with Crippen LogP contribution in [0.3, 0.4) is 0 Å². The van der Waals surface area contributed by atoms with Crippen LogP contribution in [0, 0.1) is 5.82 Å². The van der Waals surface area contributed by atoms with Gasteiger partial charge in [-0.2, -0.15) is 0 Å². The average Bonchev–Trinajstić information content (AvgIpc) is 3.20. The largest absolute Gasteiger partial charge is 0.291 e. The van der Waals surface area contributed by atoms with E-state index in [2.05, 4.69) is 18.4 Å². The maximum Gasteiger partial charge on any atom is 0.173 e. The Morgan fingerprint density at radius 1 is 0.906 bits per heavy atom. The number of halogens is 4. The van der Waals surface area contributed by atoms with Crippen LogP contribution in [0.2, 0.25) is 15.1 Å². The summed E-state index contributed by atoms with van der Waals surface area (Å²) in [5.74, 6) is 0.370. The van der Waals surface area contributed by atoms with Crippen LogP contribution in [0.15, 0.2) is 78.1 Å². The minimum atomic E-state index is -0.446. The standard InChI is InChI=1S/C25H20Cl3FN2S/c1-25(2,17-7-12-21(27)22(28)13-17)23-14-30-24(31(23)19-10-8-18(29)9-11-19)32-15-16-5-3-4-6-20(16)26/h3-14H,15H2,1-2H3. The normalized spacial score (nSPS) is 11.7. The van der Waals surface area contributed by atoms with Crippen molar-refractivity contribution >= 4 is 46.6 Å². The van der Waals surface area contributed by atoms with Gasteiger partial charge in [0.2, 0.25) is 0 Å². The minimum Gasteiger partial charge on any atom is -0.291 e. The third kappa shape index (κ3) is 4.69. The summed E-state index contributed by atoms with van der Waals surface area (Å²) >= 11 is 20.4. The summed E-state index contributed by atoms with van der Waals surface area (Å²) in [4.78, 5) is 4.72. The first-order valence-electron chi connectivity index (χ1n) is 9.93. The van der Waals surface area contributed by atoms with Gasteiger partial charge in [-0.25, -0.2) is 9.37 Å². The molecule has 0 fully saturated rings. The number of aromatic nitrogens is 2. The van der Waals surface area contributed by atoms with E-state index in [1.807, 2.05) is 42.6 Å². The lowest BCUT2D eigenvalue weighted by molar-refractivity contribution is 0.591. The first-order valence-corrected chi connectivity index (χ1v) is 12.0. The van der Waals surface area contributed by atoms with Crippen molar-refractivity contribution in [1.29, 1.82) is 0 Å². The molecule has 3 aromatic carbocycles. The minimum absolute atomic E-state index is 0.288. The summed E-state index contributed by atoms with van der Waals surface area (Å²) < 4.78 is 15.7. The van der Waals surface area contributed by atoms with E-state index in [1.54, 1.807) is 30.0 Å². The topological polar surface area (TPSA) is 17.8 Å². The Balaban J connectivity index is 1.79. The lowest BCUT2D eigenvalue weighted by atomic mass is 9.81. The van der Waals surface area contributed by atoms with Crippen LogP contribution >= 0.6 is 46.6 Å². The second kappa shape index (κ2) is 9.48. The van der Waals surface area contributed by atoms with Crippen molar-refractivity contribution in [1.82, 2.24) is 9.55 Å². The lowest BCUT2D eigenvalue weighted by Gasteiger charge is -2.28. The summed E-state index contributed by atoms with van der Waals surface area (Å²) in [5.41, 5.74) is 3.35.